The van der Waals surface area contributed by atoms with Crippen LogP contribution in [0.1, 0.15) is 5.76 Å². The summed E-state index contributed by atoms with van der Waals surface area (Å²) in [5.41, 5.74) is -0.0882. The van der Waals surface area contributed by atoms with Crippen molar-refractivity contribution in [2.45, 2.75) is 6.54 Å². The number of fused-ring (bicyclic) bond motifs is 1. The van der Waals surface area contributed by atoms with Gasteiger partial charge in [0.1, 0.15) is 5.76 Å². The SMILES string of the molecule is O=c1[nH][nH]c(=O)c2c(NCc3ccc(Br)o3)cccc12. The normalized spacial score (nSPS) is 10.8. The van der Waals surface area contributed by atoms with Crippen LogP contribution in [0.4, 0.5) is 5.69 Å². The fraction of sp³-hybridized carbons (Fsp3) is 0.0769. The molecule has 0 aliphatic rings. The van der Waals surface area contributed by atoms with Gasteiger partial charge in [-0.15, -0.1) is 0 Å². The number of aromatic amines is 2. The van der Waals surface area contributed by atoms with E-state index in [1.807, 2.05) is 6.07 Å². The average molecular weight is 336 g/mol. The third-order valence-corrected chi connectivity index (χ3v) is 3.33. The molecule has 0 saturated heterocycles. The summed E-state index contributed by atoms with van der Waals surface area (Å²) >= 11 is 3.22. The van der Waals surface area contributed by atoms with Crippen LogP contribution in [0.25, 0.3) is 10.8 Å². The molecule has 0 unspecified atom stereocenters. The molecule has 0 spiro atoms. The number of hydrogen-bond acceptors (Lipinski definition) is 4. The molecule has 0 atom stereocenters. The number of anilines is 1. The Morgan fingerprint density at radius 3 is 2.65 bits per heavy atom. The van der Waals surface area contributed by atoms with E-state index in [9.17, 15) is 9.59 Å². The molecule has 1 aromatic carbocycles. The minimum Gasteiger partial charge on any atom is -0.452 e. The van der Waals surface area contributed by atoms with Crippen LogP contribution in [0.3, 0.4) is 0 Å². The summed E-state index contributed by atoms with van der Waals surface area (Å²) < 4.78 is 6.01. The summed E-state index contributed by atoms with van der Waals surface area (Å²) in [6.45, 7) is 0.414. The fourth-order valence-electron chi connectivity index (χ4n) is 2.01. The van der Waals surface area contributed by atoms with Crippen LogP contribution in [0.5, 0.6) is 0 Å². The highest BCUT2D eigenvalue weighted by Crippen LogP contribution is 2.19. The van der Waals surface area contributed by atoms with Crippen molar-refractivity contribution in [3.05, 3.63) is 61.5 Å². The molecule has 2 aromatic heterocycles. The van der Waals surface area contributed by atoms with Crippen molar-refractivity contribution in [1.82, 2.24) is 10.2 Å². The van der Waals surface area contributed by atoms with Crippen LogP contribution in [-0.2, 0) is 6.54 Å². The molecule has 3 N–H and O–H groups in total. The van der Waals surface area contributed by atoms with Crippen molar-refractivity contribution < 1.29 is 4.42 Å². The summed E-state index contributed by atoms with van der Waals surface area (Å²) in [7, 11) is 0. The molecule has 102 valence electrons. The molecule has 0 fully saturated rings. The van der Waals surface area contributed by atoms with Crippen molar-refractivity contribution in [2.24, 2.45) is 0 Å². The molecule has 3 aromatic rings. The van der Waals surface area contributed by atoms with Gasteiger partial charge in [0.2, 0.25) is 0 Å². The molecule has 2 heterocycles. The van der Waals surface area contributed by atoms with Crippen LogP contribution >= 0.6 is 15.9 Å². The smallest absolute Gasteiger partial charge is 0.272 e. The lowest BCUT2D eigenvalue weighted by atomic mass is 10.1. The second-order valence-electron chi connectivity index (χ2n) is 4.20. The first kappa shape index (κ1) is 12.7. The highest BCUT2D eigenvalue weighted by molar-refractivity contribution is 9.10. The first-order valence-corrected chi connectivity index (χ1v) is 6.66. The van der Waals surface area contributed by atoms with E-state index in [1.54, 1.807) is 24.3 Å². The summed E-state index contributed by atoms with van der Waals surface area (Å²) in [5.74, 6) is 0.718. The molecule has 0 saturated carbocycles. The van der Waals surface area contributed by atoms with Crippen molar-refractivity contribution in [3.63, 3.8) is 0 Å². The Balaban J connectivity index is 2.01. The van der Waals surface area contributed by atoms with Crippen LogP contribution in [0, 0.1) is 0 Å². The van der Waals surface area contributed by atoms with Gasteiger partial charge in [-0.05, 0) is 40.2 Å². The van der Waals surface area contributed by atoms with Crippen LogP contribution in [0.15, 0.2) is 49.0 Å². The Hall–Kier alpha value is -2.28. The average Bonchev–Trinajstić information content (AvgIpc) is 2.86. The van der Waals surface area contributed by atoms with E-state index < -0.39 is 0 Å². The molecular weight excluding hydrogens is 326 g/mol. The van der Waals surface area contributed by atoms with Crippen LogP contribution in [-0.4, -0.2) is 10.2 Å². The fourth-order valence-corrected chi connectivity index (χ4v) is 2.35. The molecule has 0 radical (unpaired) electrons. The zero-order valence-electron chi connectivity index (χ0n) is 10.2. The summed E-state index contributed by atoms with van der Waals surface area (Å²) in [6, 6.07) is 8.68. The Bertz CT molecular complexity index is 878. The lowest BCUT2D eigenvalue weighted by molar-refractivity contribution is 0.495. The van der Waals surface area contributed by atoms with Gasteiger partial charge in [0.15, 0.2) is 4.67 Å². The van der Waals surface area contributed by atoms with E-state index in [-0.39, 0.29) is 11.1 Å². The molecule has 6 nitrogen and oxygen atoms in total. The monoisotopic (exact) mass is 335 g/mol. The number of furan rings is 1. The molecule has 0 amide bonds. The van der Waals surface area contributed by atoms with Gasteiger partial charge in [-0.1, -0.05) is 6.07 Å². The lowest BCUT2D eigenvalue weighted by Crippen LogP contribution is -2.20. The van der Waals surface area contributed by atoms with Gasteiger partial charge in [-0.2, -0.15) is 0 Å². The van der Waals surface area contributed by atoms with E-state index in [4.69, 9.17) is 4.42 Å². The summed E-state index contributed by atoms with van der Waals surface area (Å²) in [5, 5.41) is 8.40. The number of H-pyrrole nitrogens is 2. The standard InChI is InChI=1S/C13H10BrN3O3/c14-10-5-4-7(20-10)6-15-9-3-1-2-8-11(9)13(19)17-16-12(8)18/h1-5,15H,6H2,(H,16,18)(H,17,19). The molecular formula is C13H10BrN3O3. The largest absolute Gasteiger partial charge is 0.452 e. The van der Waals surface area contributed by atoms with Crippen LogP contribution in [0.2, 0.25) is 0 Å². The maximum atomic E-state index is 11.9. The maximum absolute atomic E-state index is 11.9. The maximum Gasteiger partial charge on any atom is 0.272 e. The highest BCUT2D eigenvalue weighted by Gasteiger charge is 2.08. The highest BCUT2D eigenvalue weighted by atomic mass is 79.9. The zero-order valence-corrected chi connectivity index (χ0v) is 11.8. The van der Waals surface area contributed by atoms with E-state index in [1.165, 1.54) is 0 Å². The van der Waals surface area contributed by atoms with Crippen molar-refractivity contribution in [3.8, 4) is 0 Å². The van der Waals surface area contributed by atoms with Crippen molar-refractivity contribution in [2.75, 3.05) is 5.32 Å². The Kier molecular flexibility index (Phi) is 3.19. The molecule has 20 heavy (non-hydrogen) atoms. The Morgan fingerprint density at radius 2 is 1.90 bits per heavy atom. The number of nitrogens with one attached hydrogen (secondary N) is 3. The number of hydrogen-bond donors (Lipinski definition) is 3. The van der Waals surface area contributed by atoms with Gasteiger partial charge in [0.25, 0.3) is 11.1 Å². The van der Waals surface area contributed by atoms with E-state index in [0.29, 0.717) is 27.7 Å². The summed E-state index contributed by atoms with van der Waals surface area (Å²) in [4.78, 5) is 23.6. The predicted molar refractivity (Wildman–Crippen MR) is 78.9 cm³/mol. The van der Waals surface area contributed by atoms with Crippen LogP contribution < -0.4 is 16.4 Å². The summed E-state index contributed by atoms with van der Waals surface area (Å²) in [6.07, 6.45) is 0. The van der Waals surface area contributed by atoms with E-state index >= 15 is 0 Å². The van der Waals surface area contributed by atoms with Gasteiger partial charge in [-0.3, -0.25) is 19.8 Å². The third-order valence-electron chi connectivity index (χ3n) is 2.91. The molecule has 0 bridgehead atoms. The molecule has 7 heteroatoms. The minimum absolute atomic E-state index is 0.330. The number of halogens is 1. The number of rotatable bonds is 3. The number of benzene rings is 1. The second kappa shape index (κ2) is 5.01. The topological polar surface area (TPSA) is 90.9 Å². The van der Waals surface area contributed by atoms with Gasteiger partial charge >= 0.3 is 0 Å². The van der Waals surface area contributed by atoms with Gasteiger partial charge in [0.05, 0.1) is 17.3 Å². The van der Waals surface area contributed by atoms with Gasteiger partial charge in [0, 0.05) is 5.69 Å². The van der Waals surface area contributed by atoms with Gasteiger partial charge in [-0.25, -0.2) is 0 Å². The van der Waals surface area contributed by atoms with E-state index in [2.05, 4.69) is 31.4 Å². The van der Waals surface area contributed by atoms with Crippen molar-refractivity contribution in [1.29, 1.82) is 0 Å². The molecule has 3 rings (SSSR count). The van der Waals surface area contributed by atoms with Gasteiger partial charge < -0.3 is 9.73 Å². The first-order valence-electron chi connectivity index (χ1n) is 5.87. The Morgan fingerprint density at radius 1 is 1.10 bits per heavy atom. The third kappa shape index (κ3) is 2.27. The zero-order chi connectivity index (χ0) is 14.1. The second-order valence-corrected chi connectivity index (χ2v) is 4.98. The first-order chi connectivity index (χ1) is 9.65. The predicted octanol–water partition coefficient (Wildman–Crippen LogP) is 2.18. The van der Waals surface area contributed by atoms with E-state index in [0.717, 1.165) is 5.76 Å². The number of aromatic nitrogens is 2. The Labute approximate surface area is 120 Å². The van der Waals surface area contributed by atoms with Crippen molar-refractivity contribution >= 4 is 32.4 Å². The lowest BCUT2D eigenvalue weighted by Gasteiger charge is -2.07. The molecule has 0 aliphatic carbocycles. The molecule has 0 aliphatic heterocycles. The quantitative estimate of drug-likeness (QED) is 0.684. The minimum atomic E-state index is -0.344.